The number of rotatable bonds is 9. The summed E-state index contributed by atoms with van der Waals surface area (Å²) in [4.78, 5) is 0. The third-order valence-corrected chi connectivity index (χ3v) is 1.60. The van der Waals surface area contributed by atoms with Crippen molar-refractivity contribution in [3.63, 3.8) is 0 Å². The molecule has 2 N–H and O–H groups in total. The quantitative estimate of drug-likeness (QED) is 0.420. The van der Waals surface area contributed by atoms with Gasteiger partial charge in [-0.3, -0.25) is 0 Å². The van der Waals surface area contributed by atoms with Gasteiger partial charge in [0.25, 0.3) is 0 Å². The highest BCUT2D eigenvalue weighted by Crippen LogP contribution is 2.05. The molecule has 84 valence electrons. The van der Waals surface area contributed by atoms with E-state index in [9.17, 15) is 0 Å². The SMILES string of the molecule is C=C(C)CC(CO)OCCOCCO. The number of ether oxygens (including phenoxy) is 2. The van der Waals surface area contributed by atoms with Crippen LogP contribution in [0.25, 0.3) is 0 Å². The van der Waals surface area contributed by atoms with E-state index < -0.39 is 0 Å². The lowest BCUT2D eigenvalue weighted by molar-refractivity contribution is -0.0228. The van der Waals surface area contributed by atoms with Crippen molar-refractivity contribution < 1.29 is 19.7 Å². The van der Waals surface area contributed by atoms with Crippen molar-refractivity contribution in [2.24, 2.45) is 0 Å². The molecule has 0 bridgehead atoms. The summed E-state index contributed by atoms with van der Waals surface area (Å²) in [5.74, 6) is 0. The molecular weight excluding hydrogens is 184 g/mol. The van der Waals surface area contributed by atoms with Crippen LogP contribution in [-0.4, -0.2) is 49.4 Å². The summed E-state index contributed by atoms with van der Waals surface area (Å²) in [5.41, 5.74) is 0.986. The smallest absolute Gasteiger partial charge is 0.0843 e. The Balaban J connectivity index is 3.38. The molecular formula is C10H20O4. The molecule has 0 fully saturated rings. The highest BCUT2D eigenvalue weighted by molar-refractivity contribution is 4.90. The maximum absolute atomic E-state index is 8.93. The summed E-state index contributed by atoms with van der Waals surface area (Å²) in [6.45, 7) is 6.85. The van der Waals surface area contributed by atoms with Crippen LogP contribution in [-0.2, 0) is 9.47 Å². The van der Waals surface area contributed by atoms with Crippen LogP contribution in [0, 0.1) is 0 Å². The largest absolute Gasteiger partial charge is 0.394 e. The molecule has 0 aliphatic rings. The van der Waals surface area contributed by atoms with Crippen LogP contribution in [0.2, 0.25) is 0 Å². The molecule has 0 aliphatic heterocycles. The lowest BCUT2D eigenvalue weighted by Crippen LogP contribution is -2.20. The van der Waals surface area contributed by atoms with Crippen molar-refractivity contribution in [3.8, 4) is 0 Å². The van der Waals surface area contributed by atoms with E-state index in [1.165, 1.54) is 0 Å². The van der Waals surface area contributed by atoms with Crippen LogP contribution < -0.4 is 0 Å². The summed E-state index contributed by atoms with van der Waals surface area (Å²) in [5, 5.41) is 17.4. The van der Waals surface area contributed by atoms with Gasteiger partial charge in [-0.15, -0.1) is 6.58 Å². The molecule has 4 heteroatoms. The number of aliphatic hydroxyl groups is 2. The fourth-order valence-corrected chi connectivity index (χ4v) is 1.01. The normalized spacial score (nSPS) is 12.8. The second-order valence-electron chi connectivity index (χ2n) is 3.17. The minimum Gasteiger partial charge on any atom is -0.394 e. The van der Waals surface area contributed by atoms with Gasteiger partial charge in [0.05, 0.1) is 39.1 Å². The van der Waals surface area contributed by atoms with Crippen LogP contribution in [0.4, 0.5) is 0 Å². The Labute approximate surface area is 85.1 Å². The van der Waals surface area contributed by atoms with Crippen molar-refractivity contribution in [2.75, 3.05) is 33.0 Å². The summed E-state index contributed by atoms with van der Waals surface area (Å²) < 4.78 is 10.3. The van der Waals surface area contributed by atoms with Gasteiger partial charge in [0.2, 0.25) is 0 Å². The zero-order valence-corrected chi connectivity index (χ0v) is 8.74. The fraction of sp³-hybridized carbons (Fsp3) is 0.800. The summed E-state index contributed by atoms with van der Waals surface area (Å²) >= 11 is 0. The predicted molar refractivity (Wildman–Crippen MR) is 54.2 cm³/mol. The number of hydrogen-bond acceptors (Lipinski definition) is 4. The van der Waals surface area contributed by atoms with E-state index in [1.807, 2.05) is 6.92 Å². The van der Waals surface area contributed by atoms with Gasteiger partial charge >= 0.3 is 0 Å². The molecule has 0 aliphatic carbocycles. The minimum absolute atomic E-state index is 0.00708. The Hall–Kier alpha value is -0.420. The lowest BCUT2D eigenvalue weighted by atomic mass is 10.1. The van der Waals surface area contributed by atoms with Gasteiger partial charge in [-0.2, -0.15) is 0 Å². The molecule has 0 radical (unpaired) electrons. The first-order valence-corrected chi connectivity index (χ1v) is 4.76. The Morgan fingerprint density at radius 3 is 2.50 bits per heavy atom. The molecule has 0 spiro atoms. The summed E-state index contributed by atoms with van der Waals surface area (Å²) in [6, 6.07) is 0. The Bertz CT molecular complexity index is 147. The monoisotopic (exact) mass is 204 g/mol. The van der Waals surface area contributed by atoms with Crippen molar-refractivity contribution in [1.29, 1.82) is 0 Å². The van der Waals surface area contributed by atoms with Crippen LogP contribution in [0.3, 0.4) is 0 Å². The summed E-state index contributed by atoms with van der Waals surface area (Å²) in [6.07, 6.45) is 0.474. The van der Waals surface area contributed by atoms with E-state index in [4.69, 9.17) is 19.7 Å². The average Bonchev–Trinajstić information content (AvgIpc) is 2.15. The van der Waals surface area contributed by atoms with Crippen molar-refractivity contribution in [2.45, 2.75) is 19.4 Å². The zero-order chi connectivity index (χ0) is 10.8. The number of aliphatic hydroxyl groups excluding tert-OH is 2. The van der Waals surface area contributed by atoms with E-state index in [0.717, 1.165) is 5.57 Å². The molecule has 0 rings (SSSR count). The highest BCUT2D eigenvalue weighted by Gasteiger charge is 2.06. The van der Waals surface area contributed by atoms with Gasteiger partial charge < -0.3 is 19.7 Å². The van der Waals surface area contributed by atoms with Gasteiger partial charge in [0.1, 0.15) is 0 Å². The van der Waals surface area contributed by atoms with Crippen LogP contribution in [0.15, 0.2) is 12.2 Å². The molecule has 1 atom stereocenters. The van der Waals surface area contributed by atoms with Crippen LogP contribution >= 0.6 is 0 Å². The first-order chi connectivity index (χ1) is 6.70. The van der Waals surface area contributed by atoms with Gasteiger partial charge in [0.15, 0.2) is 0 Å². The van der Waals surface area contributed by atoms with Crippen LogP contribution in [0.5, 0.6) is 0 Å². The van der Waals surface area contributed by atoms with Gasteiger partial charge in [-0.1, -0.05) is 5.57 Å². The molecule has 1 unspecified atom stereocenters. The molecule has 0 aromatic carbocycles. The Morgan fingerprint density at radius 2 is 2.00 bits per heavy atom. The number of hydrogen-bond donors (Lipinski definition) is 2. The molecule has 4 nitrogen and oxygen atoms in total. The molecule has 0 amide bonds. The van der Waals surface area contributed by atoms with Gasteiger partial charge in [-0.05, 0) is 13.3 Å². The van der Waals surface area contributed by atoms with E-state index in [2.05, 4.69) is 6.58 Å². The van der Waals surface area contributed by atoms with E-state index >= 15 is 0 Å². The molecule has 0 aromatic rings. The Morgan fingerprint density at radius 1 is 1.29 bits per heavy atom. The van der Waals surface area contributed by atoms with Crippen molar-refractivity contribution in [3.05, 3.63) is 12.2 Å². The third-order valence-electron chi connectivity index (χ3n) is 1.60. The molecule has 0 aromatic heterocycles. The van der Waals surface area contributed by atoms with Gasteiger partial charge in [0, 0.05) is 0 Å². The third kappa shape index (κ3) is 8.19. The lowest BCUT2D eigenvalue weighted by Gasteiger charge is -2.15. The minimum atomic E-state index is -0.190. The van der Waals surface area contributed by atoms with Crippen LogP contribution in [0.1, 0.15) is 13.3 Å². The highest BCUT2D eigenvalue weighted by atomic mass is 16.5. The molecule has 0 saturated carbocycles. The standard InChI is InChI=1S/C10H20O4/c1-9(2)7-10(8-12)14-6-5-13-4-3-11/h10-12H,1,3-8H2,2H3. The first kappa shape index (κ1) is 13.6. The topological polar surface area (TPSA) is 58.9 Å². The Kier molecular flexibility index (Phi) is 8.87. The second kappa shape index (κ2) is 9.15. The second-order valence-corrected chi connectivity index (χ2v) is 3.17. The maximum Gasteiger partial charge on any atom is 0.0843 e. The zero-order valence-electron chi connectivity index (χ0n) is 8.74. The molecule has 0 heterocycles. The average molecular weight is 204 g/mol. The van der Waals surface area contributed by atoms with E-state index in [1.54, 1.807) is 0 Å². The van der Waals surface area contributed by atoms with E-state index in [-0.39, 0.29) is 19.3 Å². The molecule has 0 saturated heterocycles. The molecule has 14 heavy (non-hydrogen) atoms. The van der Waals surface area contributed by atoms with Gasteiger partial charge in [-0.25, -0.2) is 0 Å². The summed E-state index contributed by atoms with van der Waals surface area (Å²) in [7, 11) is 0. The fourth-order valence-electron chi connectivity index (χ4n) is 1.01. The predicted octanol–water partition coefficient (Wildman–Crippen LogP) is 0.339. The van der Waals surface area contributed by atoms with E-state index in [0.29, 0.717) is 26.2 Å². The maximum atomic E-state index is 8.93. The van der Waals surface area contributed by atoms with Crippen molar-refractivity contribution >= 4 is 0 Å². The first-order valence-electron chi connectivity index (χ1n) is 4.76. The van der Waals surface area contributed by atoms with Crippen molar-refractivity contribution in [1.82, 2.24) is 0 Å².